The molecule has 28 heavy (non-hydrogen) atoms. The van der Waals surface area contributed by atoms with Gasteiger partial charge in [0.1, 0.15) is 5.76 Å². The normalized spacial score (nSPS) is 14.1. The molecule has 0 aromatic heterocycles. The second-order valence-corrected chi connectivity index (χ2v) is 6.14. The van der Waals surface area contributed by atoms with Gasteiger partial charge in [-0.25, -0.2) is 22.8 Å². The Morgan fingerprint density at radius 3 is 1.86 bits per heavy atom. The van der Waals surface area contributed by atoms with E-state index in [2.05, 4.69) is 17.9 Å². The molecule has 0 unspecified atom stereocenters. The predicted octanol–water partition coefficient (Wildman–Crippen LogP) is 5.22. The minimum absolute atomic E-state index is 0.000441. The van der Waals surface area contributed by atoms with Crippen LogP contribution in [-0.4, -0.2) is 11.9 Å². The largest absolute Gasteiger partial charge is 0.424 e. The first-order valence-corrected chi connectivity index (χ1v) is 8.05. The second-order valence-electron chi connectivity index (χ2n) is 6.14. The Balaban J connectivity index is 2.40. The lowest BCUT2D eigenvalue weighted by Gasteiger charge is -2.18. The lowest BCUT2D eigenvalue weighted by atomic mass is 9.94. The third-order valence-electron chi connectivity index (χ3n) is 3.76. The Kier molecular flexibility index (Phi) is 6.23. The van der Waals surface area contributed by atoms with Crippen LogP contribution in [0.15, 0.2) is 53.8 Å². The second kappa shape index (κ2) is 8.24. The first kappa shape index (κ1) is 21.1. The maximum atomic E-state index is 14.4. The fourth-order valence-electron chi connectivity index (χ4n) is 2.29. The molecule has 0 aliphatic heterocycles. The summed E-state index contributed by atoms with van der Waals surface area (Å²) in [6.07, 6.45) is -0.384. The maximum Gasteiger partial charge on any atom is 0.338 e. The fourth-order valence-corrected chi connectivity index (χ4v) is 2.29. The van der Waals surface area contributed by atoms with Gasteiger partial charge in [0.15, 0.2) is 23.3 Å². The van der Waals surface area contributed by atoms with E-state index in [9.17, 15) is 27.2 Å². The molecule has 8 heteroatoms. The summed E-state index contributed by atoms with van der Waals surface area (Å²) >= 11 is 0. The molecule has 0 N–H and O–H groups in total. The van der Waals surface area contributed by atoms with Gasteiger partial charge in [0.25, 0.3) is 0 Å². The van der Waals surface area contributed by atoms with Gasteiger partial charge in [-0.05, 0) is 43.5 Å². The van der Waals surface area contributed by atoms with E-state index in [4.69, 9.17) is 4.74 Å². The zero-order chi connectivity index (χ0) is 21.2. The highest BCUT2D eigenvalue weighted by Gasteiger charge is 2.28. The van der Waals surface area contributed by atoms with Crippen LogP contribution >= 0.6 is 0 Å². The molecule has 0 amide bonds. The highest BCUT2D eigenvalue weighted by molar-refractivity contribution is 5.89. The van der Waals surface area contributed by atoms with E-state index in [1.54, 1.807) is 0 Å². The fraction of sp³-hybridized carbons (Fsp3) is 0.200. The Morgan fingerprint density at radius 2 is 1.36 bits per heavy atom. The summed E-state index contributed by atoms with van der Waals surface area (Å²) in [5.74, 6) is -8.82. The number of ether oxygens (including phenoxy) is 2. The molecule has 0 heterocycles. The number of halogens is 4. The molecule has 4 nitrogen and oxygen atoms in total. The van der Waals surface area contributed by atoms with Crippen molar-refractivity contribution in [3.05, 3.63) is 71.0 Å². The van der Waals surface area contributed by atoms with Crippen LogP contribution in [0.5, 0.6) is 5.75 Å². The summed E-state index contributed by atoms with van der Waals surface area (Å²) in [4.78, 5) is 22.9. The molecular formula is C20H16F4O4. The van der Waals surface area contributed by atoms with Gasteiger partial charge in [-0.2, -0.15) is 4.39 Å². The molecule has 148 valence electrons. The SMILES string of the molecule is C=C(C)C(=O)OC1=C(F)C(F)=C(c2cc(F)c(OC(=O)C(=C)C)c(F)c2)CC1. The van der Waals surface area contributed by atoms with Crippen LogP contribution < -0.4 is 4.74 Å². The first-order valence-electron chi connectivity index (χ1n) is 8.05. The summed E-state index contributed by atoms with van der Waals surface area (Å²) < 4.78 is 66.3. The zero-order valence-electron chi connectivity index (χ0n) is 15.1. The molecule has 2 rings (SSSR count). The molecule has 1 aromatic carbocycles. The molecular weight excluding hydrogens is 380 g/mol. The molecule has 0 saturated carbocycles. The van der Waals surface area contributed by atoms with E-state index >= 15 is 0 Å². The van der Waals surface area contributed by atoms with Crippen molar-refractivity contribution >= 4 is 17.5 Å². The monoisotopic (exact) mass is 396 g/mol. The van der Waals surface area contributed by atoms with E-state index in [0.29, 0.717) is 0 Å². The van der Waals surface area contributed by atoms with Gasteiger partial charge in [0.05, 0.1) is 0 Å². The molecule has 1 aliphatic carbocycles. The van der Waals surface area contributed by atoms with E-state index in [1.165, 1.54) is 13.8 Å². The van der Waals surface area contributed by atoms with Crippen molar-refractivity contribution in [1.29, 1.82) is 0 Å². The van der Waals surface area contributed by atoms with Gasteiger partial charge in [-0.1, -0.05) is 13.2 Å². The van der Waals surface area contributed by atoms with Crippen molar-refractivity contribution in [1.82, 2.24) is 0 Å². The van der Waals surface area contributed by atoms with Crippen molar-refractivity contribution < 1.29 is 36.6 Å². The average molecular weight is 396 g/mol. The Bertz CT molecular complexity index is 934. The van der Waals surface area contributed by atoms with Gasteiger partial charge < -0.3 is 9.47 Å². The van der Waals surface area contributed by atoms with Gasteiger partial charge in [0.2, 0.25) is 5.75 Å². The number of allylic oxidation sites excluding steroid dienone is 4. The number of benzene rings is 1. The first-order chi connectivity index (χ1) is 13.0. The lowest BCUT2D eigenvalue weighted by molar-refractivity contribution is -0.135. The van der Waals surface area contributed by atoms with Crippen LogP contribution in [-0.2, 0) is 14.3 Å². The van der Waals surface area contributed by atoms with Gasteiger partial charge in [0, 0.05) is 17.6 Å². The van der Waals surface area contributed by atoms with Crippen LogP contribution in [0.3, 0.4) is 0 Å². The minimum atomic E-state index is -1.44. The van der Waals surface area contributed by atoms with E-state index in [1.807, 2.05) is 0 Å². The molecule has 0 atom stereocenters. The standard InChI is InChI=1S/C20H16F4O4/c1-9(2)19(25)27-15-6-5-12(16(23)17(15)24)11-7-13(21)18(14(22)8-11)28-20(26)10(3)4/h7-8H,1,3,5-6H2,2,4H3. The van der Waals surface area contributed by atoms with Crippen molar-refractivity contribution in [2.45, 2.75) is 26.7 Å². The predicted molar refractivity (Wildman–Crippen MR) is 93.1 cm³/mol. The third-order valence-corrected chi connectivity index (χ3v) is 3.76. The van der Waals surface area contributed by atoms with Gasteiger partial charge in [-0.15, -0.1) is 0 Å². The van der Waals surface area contributed by atoms with E-state index < -0.39 is 46.7 Å². The molecule has 0 spiro atoms. The van der Waals surface area contributed by atoms with Gasteiger partial charge in [-0.3, -0.25) is 0 Å². The van der Waals surface area contributed by atoms with Crippen LogP contribution in [0.25, 0.3) is 5.57 Å². The molecule has 0 radical (unpaired) electrons. The van der Waals surface area contributed by atoms with Crippen LogP contribution in [0, 0.1) is 11.6 Å². The number of rotatable bonds is 5. The Morgan fingerprint density at radius 1 is 0.857 bits per heavy atom. The smallest absolute Gasteiger partial charge is 0.338 e. The lowest BCUT2D eigenvalue weighted by Crippen LogP contribution is -2.12. The maximum absolute atomic E-state index is 14.4. The molecule has 1 aromatic rings. The molecule has 0 bridgehead atoms. The summed E-state index contributed by atoms with van der Waals surface area (Å²) in [6, 6.07) is 1.44. The summed E-state index contributed by atoms with van der Waals surface area (Å²) in [5.41, 5.74) is -0.668. The number of esters is 2. The molecule has 0 saturated heterocycles. The summed E-state index contributed by atoms with van der Waals surface area (Å²) in [5, 5.41) is 0. The summed E-state index contributed by atoms with van der Waals surface area (Å²) in [7, 11) is 0. The van der Waals surface area contributed by atoms with Crippen LogP contribution in [0.1, 0.15) is 32.3 Å². The van der Waals surface area contributed by atoms with Crippen molar-refractivity contribution in [3.8, 4) is 5.75 Å². The molecule has 1 aliphatic rings. The van der Waals surface area contributed by atoms with Crippen molar-refractivity contribution in [2.24, 2.45) is 0 Å². The van der Waals surface area contributed by atoms with Crippen molar-refractivity contribution in [2.75, 3.05) is 0 Å². The number of hydrogen-bond donors (Lipinski definition) is 0. The van der Waals surface area contributed by atoms with E-state index in [-0.39, 0.29) is 35.1 Å². The Labute approximate surface area is 158 Å². The average Bonchev–Trinajstić information content (AvgIpc) is 2.61. The zero-order valence-corrected chi connectivity index (χ0v) is 15.1. The topological polar surface area (TPSA) is 52.6 Å². The number of carbonyl (C=O) groups is 2. The van der Waals surface area contributed by atoms with Crippen molar-refractivity contribution in [3.63, 3.8) is 0 Å². The number of carbonyl (C=O) groups excluding carboxylic acids is 2. The number of hydrogen-bond acceptors (Lipinski definition) is 4. The van der Waals surface area contributed by atoms with Crippen LogP contribution in [0.2, 0.25) is 0 Å². The van der Waals surface area contributed by atoms with Gasteiger partial charge >= 0.3 is 11.9 Å². The quantitative estimate of drug-likeness (QED) is 0.296. The molecule has 0 fully saturated rings. The van der Waals surface area contributed by atoms with E-state index in [0.717, 1.165) is 12.1 Å². The third kappa shape index (κ3) is 4.39. The highest BCUT2D eigenvalue weighted by Crippen LogP contribution is 2.39. The Hall–Kier alpha value is -3.16. The summed E-state index contributed by atoms with van der Waals surface area (Å²) in [6.45, 7) is 9.27. The highest BCUT2D eigenvalue weighted by atomic mass is 19.2. The minimum Gasteiger partial charge on any atom is -0.424 e. The van der Waals surface area contributed by atoms with Crippen LogP contribution in [0.4, 0.5) is 17.6 Å².